The number of anilines is 1. The molecule has 3 aromatic heterocycles. The Balaban J connectivity index is 0.00000169. The molecule has 4 rings (SSSR count). The minimum absolute atomic E-state index is 0. The number of morpholine rings is 1. The molecule has 24 heavy (non-hydrogen) atoms. The molecule has 0 unspecified atom stereocenters. The van der Waals surface area contributed by atoms with Gasteiger partial charge in [-0.15, -0.1) is 5.10 Å². The fraction of sp³-hybridized carbons (Fsp3) is 0.308. The van der Waals surface area contributed by atoms with Crippen LogP contribution in [-0.2, 0) is 4.74 Å². The van der Waals surface area contributed by atoms with Gasteiger partial charge in [0.1, 0.15) is 12.1 Å². The molecule has 0 saturated carbocycles. The first-order chi connectivity index (χ1) is 11.3. The van der Waals surface area contributed by atoms with Crippen molar-refractivity contribution in [1.29, 1.82) is 0 Å². The second-order valence-corrected chi connectivity index (χ2v) is 4.98. The maximum absolute atomic E-state index is 12.5. The summed E-state index contributed by atoms with van der Waals surface area (Å²) in [4.78, 5) is 23.1. The number of nitrogens with one attached hydrogen (secondary N) is 1. The van der Waals surface area contributed by atoms with Crippen LogP contribution in [-0.4, -0.2) is 90.6 Å². The van der Waals surface area contributed by atoms with Gasteiger partial charge in [0, 0.05) is 48.7 Å². The van der Waals surface area contributed by atoms with Crippen LogP contribution in [0.25, 0.3) is 11.5 Å². The maximum atomic E-state index is 12.5. The van der Waals surface area contributed by atoms with E-state index in [9.17, 15) is 4.79 Å². The standard InChI is InChI=1S/C13H14N8O2.Na/c22-13-10(20-2-1-16-18-20)8-17-21(13)12-7-11(14-9-15-12)19-3-5-23-6-4-19;/h1-2,7-9,17H,3-6H2;. The molecule has 0 aliphatic carbocycles. The van der Waals surface area contributed by atoms with E-state index in [1.807, 2.05) is 0 Å². The summed E-state index contributed by atoms with van der Waals surface area (Å²) in [6.45, 7) is 2.86. The molecule has 0 atom stereocenters. The van der Waals surface area contributed by atoms with E-state index in [0.29, 0.717) is 24.7 Å². The summed E-state index contributed by atoms with van der Waals surface area (Å²) in [5.74, 6) is 1.24. The van der Waals surface area contributed by atoms with Gasteiger partial charge in [-0.05, 0) is 0 Å². The number of H-pyrrole nitrogens is 1. The predicted octanol–water partition coefficient (Wildman–Crippen LogP) is -1.01. The van der Waals surface area contributed by atoms with Crippen LogP contribution in [0.4, 0.5) is 5.82 Å². The molecular formula is C13H14N8NaO2. The smallest absolute Gasteiger partial charge is 0.298 e. The van der Waals surface area contributed by atoms with Gasteiger partial charge in [-0.3, -0.25) is 9.89 Å². The summed E-state index contributed by atoms with van der Waals surface area (Å²) in [7, 11) is 0. The van der Waals surface area contributed by atoms with Gasteiger partial charge in [-0.1, -0.05) is 5.21 Å². The Morgan fingerprint density at radius 1 is 1.17 bits per heavy atom. The quantitative estimate of drug-likeness (QED) is 0.610. The van der Waals surface area contributed by atoms with E-state index in [4.69, 9.17) is 4.74 Å². The van der Waals surface area contributed by atoms with Crippen LogP contribution >= 0.6 is 0 Å². The van der Waals surface area contributed by atoms with Crippen LogP contribution in [0.3, 0.4) is 0 Å². The van der Waals surface area contributed by atoms with Gasteiger partial charge in [-0.2, -0.15) is 4.68 Å². The third-order valence-electron chi connectivity index (χ3n) is 3.62. The SMILES string of the molecule is O=c1c(-n2ccnn2)c[nH]n1-c1cc(N2CCOCC2)ncn1.[Na]. The zero-order valence-corrected chi connectivity index (χ0v) is 15.2. The molecule has 3 aromatic rings. The third-order valence-corrected chi connectivity index (χ3v) is 3.62. The van der Waals surface area contributed by atoms with Crippen LogP contribution < -0.4 is 10.5 Å². The molecular weight excluding hydrogens is 323 g/mol. The van der Waals surface area contributed by atoms with Crippen molar-refractivity contribution >= 4 is 35.4 Å². The molecule has 0 amide bonds. The largest absolute Gasteiger partial charge is 0.378 e. The summed E-state index contributed by atoms with van der Waals surface area (Å²) < 4.78 is 8.09. The van der Waals surface area contributed by atoms with Gasteiger partial charge in [0.05, 0.1) is 31.8 Å². The molecule has 1 N–H and O–H groups in total. The molecule has 1 saturated heterocycles. The molecule has 1 radical (unpaired) electrons. The summed E-state index contributed by atoms with van der Waals surface area (Å²) in [6.07, 6.45) is 6.13. The van der Waals surface area contributed by atoms with Gasteiger partial charge in [0.15, 0.2) is 11.5 Å². The van der Waals surface area contributed by atoms with Crippen molar-refractivity contribution in [1.82, 2.24) is 34.7 Å². The van der Waals surface area contributed by atoms with Gasteiger partial charge in [0.25, 0.3) is 5.56 Å². The average molecular weight is 337 g/mol. The molecule has 0 aromatic carbocycles. The van der Waals surface area contributed by atoms with Crippen LogP contribution in [0.2, 0.25) is 0 Å². The summed E-state index contributed by atoms with van der Waals surface area (Å²) in [5.41, 5.74) is 0.108. The average Bonchev–Trinajstić information content (AvgIpc) is 3.25. The van der Waals surface area contributed by atoms with Crippen LogP contribution in [0.5, 0.6) is 0 Å². The van der Waals surface area contributed by atoms with Gasteiger partial charge >= 0.3 is 0 Å². The Kier molecular flexibility index (Phi) is 5.09. The zero-order valence-electron chi connectivity index (χ0n) is 13.2. The van der Waals surface area contributed by atoms with E-state index < -0.39 is 0 Å². The Morgan fingerprint density at radius 2 is 1.96 bits per heavy atom. The molecule has 0 spiro atoms. The van der Waals surface area contributed by atoms with Crippen molar-refractivity contribution in [3.05, 3.63) is 41.3 Å². The van der Waals surface area contributed by atoms with Crippen LogP contribution in [0, 0.1) is 0 Å². The Labute approximate surface area is 158 Å². The van der Waals surface area contributed by atoms with Crippen molar-refractivity contribution < 1.29 is 4.74 Å². The minimum Gasteiger partial charge on any atom is -0.378 e. The van der Waals surface area contributed by atoms with Gasteiger partial charge < -0.3 is 9.64 Å². The summed E-state index contributed by atoms with van der Waals surface area (Å²) >= 11 is 0. The topological polar surface area (TPSA) is 107 Å². The molecule has 0 bridgehead atoms. The molecule has 10 nitrogen and oxygen atoms in total. The van der Waals surface area contributed by atoms with Crippen molar-refractivity contribution in [2.45, 2.75) is 0 Å². The Bertz CT molecular complexity index is 853. The van der Waals surface area contributed by atoms with E-state index in [0.717, 1.165) is 18.9 Å². The zero-order chi connectivity index (χ0) is 15.6. The number of nitrogens with zero attached hydrogens (tertiary/aromatic N) is 7. The van der Waals surface area contributed by atoms with E-state index in [1.165, 1.54) is 21.9 Å². The number of ether oxygens (including phenoxy) is 1. The van der Waals surface area contributed by atoms with Gasteiger partial charge in [0.2, 0.25) is 0 Å². The Hall–Kier alpha value is -2.01. The second-order valence-electron chi connectivity index (χ2n) is 4.98. The number of aromatic amines is 1. The normalized spacial score (nSPS) is 14.4. The molecule has 1 aliphatic rings. The Morgan fingerprint density at radius 3 is 2.71 bits per heavy atom. The van der Waals surface area contributed by atoms with Crippen molar-refractivity contribution in [2.75, 3.05) is 31.2 Å². The van der Waals surface area contributed by atoms with E-state index in [-0.39, 0.29) is 35.1 Å². The van der Waals surface area contributed by atoms with Crippen molar-refractivity contribution in [3.8, 4) is 11.5 Å². The molecule has 119 valence electrons. The van der Waals surface area contributed by atoms with Gasteiger partial charge in [-0.25, -0.2) is 14.6 Å². The number of aromatic nitrogens is 7. The fourth-order valence-corrected chi connectivity index (χ4v) is 2.46. The second kappa shape index (κ2) is 7.26. The predicted molar refractivity (Wildman–Crippen MR) is 85.7 cm³/mol. The number of rotatable bonds is 3. The fourth-order valence-electron chi connectivity index (χ4n) is 2.46. The molecule has 1 fully saturated rings. The number of hydrogen-bond acceptors (Lipinski definition) is 7. The van der Waals surface area contributed by atoms with Crippen molar-refractivity contribution in [2.24, 2.45) is 0 Å². The minimum atomic E-state index is -0.262. The molecule has 11 heteroatoms. The van der Waals surface area contributed by atoms with Crippen LogP contribution in [0.1, 0.15) is 0 Å². The number of hydrogen-bond donors (Lipinski definition) is 1. The third kappa shape index (κ3) is 3.13. The van der Waals surface area contributed by atoms with Crippen LogP contribution in [0.15, 0.2) is 35.8 Å². The monoisotopic (exact) mass is 337 g/mol. The van der Waals surface area contributed by atoms with Crippen molar-refractivity contribution in [3.63, 3.8) is 0 Å². The van der Waals surface area contributed by atoms with E-state index >= 15 is 0 Å². The first-order valence-electron chi connectivity index (χ1n) is 7.15. The summed E-state index contributed by atoms with van der Waals surface area (Å²) in [5, 5.41) is 10.4. The first kappa shape index (κ1) is 16.8. The molecule has 1 aliphatic heterocycles. The van der Waals surface area contributed by atoms with E-state index in [1.54, 1.807) is 18.5 Å². The first-order valence-corrected chi connectivity index (χ1v) is 7.15. The van der Waals surface area contributed by atoms with E-state index in [2.05, 4.69) is 30.3 Å². The maximum Gasteiger partial charge on any atom is 0.298 e. The summed E-state index contributed by atoms with van der Waals surface area (Å²) in [6, 6.07) is 1.77. The molecule has 4 heterocycles.